The molecule has 0 saturated heterocycles. The highest BCUT2D eigenvalue weighted by atomic mass is 16.2. The number of amides is 1. The van der Waals surface area contributed by atoms with Crippen LogP contribution in [0.25, 0.3) is 0 Å². The minimum absolute atomic E-state index is 0.00823. The third-order valence-corrected chi connectivity index (χ3v) is 4.52. The molecule has 0 aromatic heterocycles. The van der Waals surface area contributed by atoms with Crippen LogP contribution < -0.4 is 0 Å². The van der Waals surface area contributed by atoms with Crippen molar-refractivity contribution in [2.45, 2.75) is 58.9 Å². The molecular weight excluding hydrogens is 306 g/mol. The van der Waals surface area contributed by atoms with Crippen molar-refractivity contribution in [1.29, 1.82) is 0 Å². The van der Waals surface area contributed by atoms with Crippen molar-refractivity contribution in [2.24, 2.45) is 0 Å². The Morgan fingerprint density at radius 3 is 1.76 bits per heavy atom. The van der Waals surface area contributed by atoms with Crippen molar-refractivity contribution in [3.8, 4) is 0 Å². The van der Waals surface area contributed by atoms with E-state index in [1.165, 1.54) is 11.1 Å². The van der Waals surface area contributed by atoms with E-state index in [4.69, 9.17) is 0 Å². The van der Waals surface area contributed by atoms with Crippen LogP contribution in [0.3, 0.4) is 0 Å². The molecule has 0 heterocycles. The first-order chi connectivity index (χ1) is 11.5. The minimum atomic E-state index is 0.00823. The smallest absolute Gasteiger partial charge is 0.253 e. The molecule has 0 fully saturated rings. The highest BCUT2D eigenvalue weighted by molar-refractivity contribution is 5.94. The number of hydrogen-bond acceptors (Lipinski definition) is 1. The zero-order valence-electron chi connectivity index (χ0n) is 16.7. The van der Waals surface area contributed by atoms with Crippen LogP contribution in [0.1, 0.15) is 68.6 Å². The molecule has 0 radical (unpaired) electrons. The van der Waals surface area contributed by atoms with E-state index in [2.05, 4.69) is 71.9 Å². The van der Waals surface area contributed by atoms with Crippen LogP contribution in [0.4, 0.5) is 0 Å². The molecule has 0 aliphatic rings. The van der Waals surface area contributed by atoms with Crippen LogP contribution in [-0.2, 0) is 17.4 Å². The molecule has 0 bridgehead atoms. The predicted octanol–water partition coefficient (Wildman–Crippen LogP) is 5.55. The molecular formula is C23H31NO. The van der Waals surface area contributed by atoms with E-state index < -0.39 is 0 Å². The number of hydrogen-bond donors (Lipinski definition) is 0. The molecule has 0 aliphatic carbocycles. The van der Waals surface area contributed by atoms with E-state index in [0.29, 0.717) is 6.54 Å². The van der Waals surface area contributed by atoms with E-state index in [-0.39, 0.29) is 16.7 Å². The minimum Gasteiger partial charge on any atom is -0.337 e. The van der Waals surface area contributed by atoms with Gasteiger partial charge in [-0.25, -0.2) is 0 Å². The third-order valence-electron chi connectivity index (χ3n) is 4.52. The van der Waals surface area contributed by atoms with Crippen LogP contribution in [0.15, 0.2) is 48.5 Å². The first-order valence-electron chi connectivity index (χ1n) is 8.94. The van der Waals surface area contributed by atoms with Crippen LogP contribution in [-0.4, -0.2) is 17.9 Å². The molecule has 0 unspecified atom stereocenters. The Morgan fingerprint density at radius 2 is 1.32 bits per heavy atom. The lowest BCUT2D eigenvalue weighted by Gasteiger charge is -2.27. The van der Waals surface area contributed by atoms with E-state index >= 15 is 0 Å². The molecule has 0 spiro atoms. The van der Waals surface area contributed by atoms with Gasteiger partial charge in [-0.15, -0.1) is 0 Å². The van der Waals surface area contributed by atoms with Crippen molar-refractivity contribution in [3.63, 3.8) is 0 Å². The van der Waals surface area contributed by atoms with Gasteiger partial charge in [-0.05, 0) is 39.7 Å². The number of nitrogens with zero attached hydrogens (tertiary/aromatic N) is 1. The Hall–Kier alpha value is -2.09. The van der Waals surface area contributed by atoms with E-state index in [1.807, 2.05) is 25.2 Å². The Kier molecular flexibility index (Phi) is 5.41. The molecule has 0 atom stereocenters. The molecule has 1 amide bonds. The van der Waals surface area contributed by atoms with Crippen LogP contribution in [0.5, 0.6) is 0 Å². The van der Waals surface area contributed by atoms with Crippen molar-refractivity contribution < 1.29 is 4.79 Å². The molecule has 25 heavy (non-hydrogen) atoms. The van der Waals surface area contributed by atoms with Crippen LogP contribution in [0.2, 0.25) is 0 Å². The summed E-state index contributed by atoms with van der Waals surface area (Å²) >= 11 is 0. The zero-order chi connectivity index (χ0) is 18.8. The monoisotopic (exact) mass is 337 g/mol. The average molecular weight is 338 g/mol. The molecule has 2 heteroatoms. The Labute approximate surface area is 152 Å². The van der Waals surface area contributed by atoms with Gasteiger partial charge in [-0.2, -0.15) is 0 Å². The number of carbonyl (C=O) groups excluding carboxylic acids is 1. The Morgan fingerprint density at radius 1 is 0.840 bits per heavy atom. The third kappa shape index (κ3) is 4.94. The first-order valence-corrected chi connectivity index (χ1v) is 8.94. The zero-order valence-corrected chi connectivity index (χ0v) is 16.7. The molecule has 134 valence electrons. The molecule has 0 N–H and O–H groups in total. The summed E-state index contributed by atoms with van der Waals surface area (Å²) in [4.78, 5) is 14.8. The molecule has 0 aliphatic heterocycles. The van der Waals surface area contributed by atoms with Crippen LogP contribution in [0, 0.1) is 0 Å². The fourth-order valence-electron chi connectivity index (χ4n) is 2.77. The van der Waals surface area contributed by atoms with Gasteiger partial charge < -0.3 is 4.90 Å². The lowest BCUT2D eigenvalue weighted by molar-refractivity contribution is 0.0785. The van der Waals surface area contributed by atoms with E-state index in [0.717, 1.165) is 11.1 Å². The van der Waals surface area contributed by atoms with Gasteiger partial charge in [0.15, 0.2) is 0 Å². The summed E-state index contributed by atoms with van der Waals surface area (Å²) in [6.45, 7) is 13.8. The molecule has 0 saturated carbocycles. The largest absolute Gasteiger partial charge is 0.337 e. The normalized spacial score (nSPS) is 12.1. The summed E-state index contributed by atoms with van der Waals surface area (Å²) in [6, 6.07) is 16.5. The van der Waals surface area contributed by atoms with Gasteiger partial charge in [-0.3, -0.25) is 4.79 Å². The Balaban J connectivity index is 2.38. The Bertz CT molecular complexity index is 701. The summed E-state index contributed by atoms with van der Waals surface area (Å²) in [5, 5.41) is 0. The number of carbonyl (C=O) groups is 1. The van der Waals surface area contributed by atoms with Crippen molar-refractivity contribution in [2.75, 3.05) is 7.05 Å². The van der Waals surface area contributed by atoms with Gasteiger partial charge in [0.1, 0.15) is 0 Å². The van der Waals surface area contributed by atoms with E-state index in [1.54, 1.807) is 4.90 Å². The number of rotatable bonds is 3. The lowest BCUT2D eigenvalue weighted by Crippen LogP contribution is -2.27. The van der Waals surface area contributed by atoms with E-state index in [9.17, 15) is 4.79 Å². The standard InChI is InChI=1S/C23H31NO/c1-22(2,3)19-13-18(14-20(15-19)23(4,5)6)21(25)24(7)16-17-11-9-8-10-12-17/h8-15H,16H2,1-7H3. The average Bonchev–Trinajstić information content (AvgIpc) is 2.53. The van der Waals surface area contributed by atoms with Gasteiger partial charge >= 0.3 is 0 Å². The maximum absolute atomic E-state index is 13.0. The SMILES string of the molecule is CN(Cc1ccccc1)C(=O)c1cc(C(C)(C)C)cc(C(C)(C)C)c1. The van der Waals surface area contributed by atoms with Crippen LogP contribution >= 0.6 is 0 Å². The van der Waals surface area contributed by atoms with Crippen molar-refractivity contribution in [3.05, 3.63) is 70.8 Å². The summed E-state index contributed by atoms with van der Waals surface area (Å²) < 4.78 is 0. The molecule has 2 rings (SSSR count). The maximum atomic E-state index is 13.0. The fourth-order valence-corrected chi connectivity index (χ4v) is 2.77. The fraction of sp³-hybridized carbons (Fsp3) is 0.435. The maximum Gasteiger partial charge on any atom is 0.253 e. The molecule has 2 nitrogen and oxygen atoms in total. The van der Waals surface area contributed by atoms with Gasteiger partial charge in [-0.1, -0.05) is 77.9 Å². The van der Waals surface area contributed by atoms with Gasteiger partial charge in [0.2, 0.25) is 0 Å². The summed E-state index contributed by atoms with van der Waals surface area (Å²) in [7, 11) is 1.87. The molecule has 2 aromatic carbocycles. The van der Waals surface area contributed by atoms with Gasteiger partial charge in [0, 0.05) is 19.2 Å². The summed E-state index contributed by atoms with van der Waals surface area (Å²) in [6.07, 6.45) is 0. The second-order valence-electron chi connectivity index (χ2n) is 8.95. The highest BCUT2D eigenvalue weighted by Gasteiger charge is 2.23. The predicted molar refractivity (Wildman–Crippen MR) is 106 cm³/mol. The lowest BCUT2D eigenvalue weighted by atomic mass is 9.79. The first kappa shape index (κ1) is 19.2. The van der Waals surface area contributed by atoms with Gasteiger partial charge in [0.25, 0.3) is 5.91 Å². The summed E-state index contributed by atoms with van der Waals surface area (Å²) in [5.41, 5.74) is 4.34. The second-order valence-corrected chi connectivity index (χ2v) is 8.95. The van der Waals surface area contributed by atoms with Crippen molar-refractivity contribution in [1.82, 2.24) is 4.90 Å². The van der Waals surface area contributed by atoms with Gasteiger partial charge in [0.05, 0.1) is 0 Å². The summed E-state index contributed by atoms with van der Waals surface area (Å²) in [5.74, 6) is 0.0699. The quantitative estimate of drug-likeness (QED) is 0.718. The van der Waals surface area contributed by atoms with Crippen molar-refractivity contribution >= 4 is 5.91 Å². The number of benzene rings is 2. The molecule has 2 aromatic rings. The highest BCUT2D eigenvalue weighted by Crippen LogP contribution is 2.30. The topological polar surface area (TPSA) is 20.3 Å². The second kappa shape index (κ2) is 7.03.